The van der Waals surface area contributed by atoms with Gasteiger partial charge in [-0.3, -0.25) is 4.79 Å². The Labute approximate surface area is 90.3 Å². The van der Waals surface area contributed by atoms with Crippen molar-refractivity contribution in [1.82, 2.24) is 0 Å². The molecule has 0 aliphatic heterocycles. The second-order valence-electron chi connectivity index (χ2n) is 4.32. The molecule has 2 nitrogen and oxygen atoms in total. The molecule has 0 atom stereocenters. The van der Waals surface area contributed by atoms with E-state index in [1.165, 1.54) is 5.56 Å². The molecule has 15 heavy (non-hydrogen) atoms. The third kappa shape index (κ3) is 1.82. The van der Waals surface area contributed by atoms with E-state index in [4.69, 9.17) is 4.74 Å². The van der Waals surface area contributed by atoms with Crippen LogP contribution in [0.15, 0.2) is 24.3 Å². The molecule has 0 spiro atoms. The third-order valence-electron chi connectivity index (χ3n) is 3.15. The highest BCUT2D eigenvalue weighted by molar-refractivity contribution is 5.96. The average molecular weight is 204 g/mol. The van der Waals surface area contributed by atoms with Crippen molar-refractivity contribution >= 4 is 5.78 Å². The maximum absolute atomic E-state index is 11.5. The van der Waals surface area contributed by atoms with E-state index in [1.54, 1.807) is 14.0 Å². The summed E-state index contributed by atoms with van der Waals surface area (Å²) in [7, 11) is 1.72. The number of carbonyl (C=O) groups is 1. The van der Waals surface area contributed by atoms with Crippen molar-refractivity contribution in [1.29, 1.82) is 0 Å². The molecule has 0 radical (unpaired) electrons. The van der Waals surface area contributed by atoms with Gasteiger partial charge >= 0.3 is 0 Å². The van der Waals surface area contributed by atoms with E-state index in [0.717, 1.165) is 25.0 Å². The van der Waals surface area contributed by atoms with Crippen LogP contribution in [0.2, 0.25) is 0 Å². The first-order valence-corrected chi connectivity index (χ1v) is 5.29. The first kappa shape index (κ1) is 10.4. The molecule has 0 unspecified atom stereocenters. The summed E-state index contributed by atoms with van der Waals surface area (Å²) < 4.78 is 5.25. The normalized spacial score (nSPS) is 17.5. The molecule has 1 aromatic carbocycles. The van der Waals surface area contributed by atoms with Crippen molar-refractivity contribution in [3.05, 3.63) is 35.4 Å². The number of carbonyl (C=O) groups excluding carboxylic acids is 1. The highest BCUT2D eigenvalue weighted by Crippen LogP contribution is 2.49. The van der Waals surface area contributed by atoms with Gasteiger partial charge in [0.05, 0.1) is 6.61 Å². The number of hydrogen-bond acceptors (Lipinski definition) is 2. The van der Waals surface area contributed by atoms with Gasteiger partial charge in [0.25, 0.3) is 0 Å². The van der Waals surface area contributed by atoms with E-state index in [9.17, 15) is 4.79 Å². The van der Waals surface area contributed by atoms with Gasteiger partial charge in [0.15, 0.2) is 5.78 Å². The lowest BCUT2D eigenvalue weighted by Crippen LogP contribution is -2.17. The largest absolute Gasteiger partial charge is 0.384 e. The number of rotatable bonds is 4. The zero-order valence-corrected chi connectivity index (χ0v) is 9.25. The fourth-order valence-corrected chi connectivity index (χ4v) is 2.17. The minimum absolute atomic E-state index is 0.122. The van der Waals surface area contributed by atoms with Crippen LogP contribution in [0.25, 0.3) is 0 Å². The lowest BCUT2D eigenvalue weighted by atomic mass is 9.90. The van der Waals surface area contributed by atoms with E-state index in [0.29, 0.717) is 0 Å². The molecule has 0 bridgehead atoms. The number of methoxy groups -OCH3 is 1. The van der Waals surface area contributed by atoms with Crippen LogP contribution < -0.4 is 0 Å². The molecule has 0 amide bonds. The summed E-state index contributed by atoms with van der Waals surface area (Å²) in [5.74, 6) is 0.146. The topological polar surface area (TPSA) is 26.3 Å². The monoisotopic (exact) mass is 204 g/mol. The second-order valence-corrected chi connectivity index (χ2v) is 4.32. The lowest BCUT2D eigenvalue weighted by Gasteiger charge is -2.17. The second kappa shape index (κ2) is 3.78. The molecule has 2 rings (SSSR count). The van der Waals surface area contributed by atoms with Crippen LogP contribution in [0, 0.1) is 0 Å². The third-order valence-corrected chi connectivity index (χ3v) is 3.15. The Morgan fingerprint density at radius 2 is 2.07 bits per heavy atom. The molecule has 0 heterocycles. The van der Waals surface area contributed by atoms with Gasteiger partial charge in [-0.25, -0.2) is 0 Å². The van der Waals surface area contributed by atoms with Gasteiger partial charge in [-0.2, -0.15) is 0 Å². The fourth-order valence-electron chi connectivity index (χ4n) is 2.17. The fraction of sp³-hybridized carbons (Fsp3) is 0.462. The summed E-state index contributed by atoms with van der Waals surface area (Å²) in [6, 6.07) is 7.89. The highest BCUT2D eigenvalue weighted by atomic mass is 16.5. The summed E-state index contributed by atoms with van der Waals surface area (Å²) in [6.45, 7) is 2.35. The lowest BCUT2D eigenvalue weighted by molar-refractivity contribution is 0.101. The maximum atomic E-state index is 11.5. The van der Waals surface area contributed by atoms with E-state index in [2.05, 4.69) is 6.07 Å². The van der Waals surface area contributed by atoms with Crippen molar-refractivity contribution in [3.8, 4) is 0 Å². The smallest absolute Gasteiger partial charge is 0.160 e. The van der Waals surface area contributed by atoms with Gasteiger partial charge in [-0.15, -0.1) is 0 Å². The van der Waals surface area contributed by atoms with Crippen molar-refractivity contribution in [2.75, 3.05) is 13.7 Å². The van der Waals surface area contributed by atoms with Gasteiger partial charge in [-0.05, 0) is 25.3 Å². The van der Waals surface area contributed by atoms with Crippen LogP contribution >= 0.6 is 0 Å². The number of Topliss-reactive ketones (excluding diaryl/α,β-unsaturated/α-hetero) is 1. The van der Waals surface area contributed by atoms with E-state index in [1.807, 2.05) is 18.2 Å². The highest BCUT2D eigenvalue weighted by Gasteiger charge is 2.45. The summed E-state index contributed by atoms with van der Waals surface area (Å²) >= 11 is 0. The molecule has 2 heteroatoms. The van der Waals surface area contributed by atoms with Gasteiger partial charge in [0.2, 0.25) is 0 Å². The minimum atomic E-state index is 0.122. The number of hydrogen-bond donors (Lipinski definition) is 0. The molecule has 0 saturated heterocycles. The van der Waals surface area contributed by atoms with Crippen molar-refractivity contribution in [2.45, 2.75) is 25.2 Å². The minimum Gasteiger partial charge on any atom is -0.384 e. The zero-order valence-electron chi connectivity index (χ0n) is 9.25. The van der Waals surface area contributed by atoms with Crippen molar-refractivity contribution in [3.63, 3.8) is 0 Å². The quantitative estimate of drug-likeness (QED) is 0.704. The molecule has 1 fully saturated rings. The van der Waals surface area contributed by atoms with Crippen LogP contribution in [0.3, 0.4) is 0 Å². The average Bonchev–Trinajstić information content (AvgIpc) is 2.99. The molecule has 80 valence electrons. The molecule has 1 aromatic rings. The van der Waals surface area contributed by atoms with Crippen LogP contribution in [0.1, 0.15) is 35.7 Å². The van der Waals surface area contributed by atoms with Crippen LogP contribution in [-0.2, 0) is 10.2 Å². The molecular weight excluding hydrogens is 188 g/mol. The van der Waals surface area contributed by atoms with Crippen LogP contribution in [0.4, 0.5) is 0 Å². The molecular formula is C13H16O2. The zero-order chi connectivity index (χ0) is 10.9. The Kier molecular flexibility index (Phi) is 2.61. The number of ketones is 1. The Morgan fingerprint density at radius 1 is 1.40 bits per heavy atom. The predicted octanol–water partition coefficient (Wildman–Crippen LogP) is 2.57. The number of benzene rings is 1. The molecule has 0 N–H and O–H groups in total. The summed E-state index contributed by atoms with van der Waals surface area (Å²) in [6.07, 6.45) is 2.26. The first-order valence-electron chi connectivity index (χ1n) is 5.29. The first-order chi connectivity index (χ1) is 7.19. The molecule has 0 aromatic heterocycles. The summed E-state index contributed by atoms with van der Waals surface area (Å²) in [5, 5.41) is 0. The standard InChI is InChI=1S/C13H16O2/c1-10(14)11-5-3-4-6-12(11)13(7-8-13)9-15-2/h3-6H,7-9H2,1-2H3. The van der Waals surface area contributed by atoms with Crippen molar-refractivity contribution < 1.29 is 9.53 Å². The Balaban J connectivity index is 2.39. The van der Waals surface area contributed by atoms with E-state index in [-0.39, 0.29) is 11.2 Å². The molecule has 1 aliphatic rings. The van der Waals surface area contributed by atoms with Crippen molar-refractivity contribution in [2.24, 2.45) is 0 Å². The Morgan fingerprint density at radius 3 is 2.60 bits per heavy atom. The van der Waals surface area contributed by atoms with Crippen LogP contribution in [0.5, 0.6) is 0 Å². The number of ether oxygens (including phenoxy) is 1. The van der Waals surface area contributed by atoms with Gasteiger partial charge in [0.1, 0.15) is 0 Å². The molecule has 1 aliphatic carbocycles. The van der Waals surface area contributed by atoms with Crippen LogP contribution in [-0.4, -0.2) is 19.5 Å². The van der Waals surface area contributed by atoms with Gasteiger partial charge < -0.3 is 4.74 Å². The Bertz CT molecular complexity index is 378. The van der Waals surface area contributed by atoms with E-state index >= 15 is 0 Å². The Hall–Kier alpha value is -1.15. The maximum Gasteiger partial charge on any atom is 0.160 e. The summed E-state index contributed by atoms with van der Waals surface area (Å²) in [4.78, 5) is 11.5. The van der Waals surface area contributed by atoms with E-state index < -0.39 is 0 Å². The summed E-state index contributed by atoms with van der Waals surface area (Å²) in [5.41, 5.74) is 2.14. The van der Waals surface area contributed by atoms with Gasteiger partial charge in [-0.1, -0.05) is 24.3 Å². The predicted molar refractivity (Wildman–Crippen MR) is 59.2 cm³/mol. The van der Waals surface area contributed by atoms with Gasteiger partial charge in [0, 0.05) is 18.1 Å². The molecule has 1 saturated carbocycles. The SMILES string of the molecule is COCC1(c2ccccc2C(C)=O)CC1.